The van der Waals surface area contributed by atoms with Crippen molar-refractivity contribution in [2.45, 2.75) is 45.6 Å². The molecule has 3 nitrogen and oxygen atoms in total. The summed E-state index contributed by atoms with van der Waals surface area (Å²) in [6, 6.07) is 0. The standard InChI is InChI=1S/C10H16O3/c1-8(12)13-9-4-3-5-10(9,2)6-7-11/h7,9H,3-6H2,1-2H3. The molecule has 0 aliphatic heterocycles. The SMILES string of the molecule is CC(=O)OC1CCCC1(C)CC=O. The molecule has 1 rings (SSSR count). The van der Waals surface area contributed by atoms with Crippen molar-refractivity contribution in [2.75, 3.05) is 0 Å². The lowest BCUT2D eigenvalue weighted by Crippen LogP contribution is -2.31. The van der Waals surface area contributed by atoms with Gasteiger partial charge in [0.1, 0.15) is 12.4 Å². The third-order valence-corrected chi connectivity index (χ3v) is 2.85. The highest BCUT2D eigenvalue weighted by Gasteiger charge is 2.40. The zero-order chi connectivity index (χ0) is 9.90. The van der Waals surface area contributed by atoms with Gasteiger partial charge in [-0.25, -0.2) is 0 Å². The second-order valence-corrected chi connectivity index (χ2v) is 4.02. The molecule has 1 aliphatic carbocycles. The second kappa shape index (κ2) is 3.90. The van der Waals surface area contributed by atoms with Crippen molar-refractivity contribution in [1.82, 2.24) is 0 Å². The monoisotopic (exact) mass is 184 g/mol. The van der Waals surface area contributed by atoms with Crippen molar-refractivity contribution in [3.63, 3.8) is 0 Å². The second-order valence-electron chi connectivity index (χ2n) is 4.02. The van der Waals surface area contributed by atoms with E-state index in [1.165, 1.54) is 6.92 Å². The van der Waals surface area contributed by atoms with E-state index < -0.39 is 0 Å². The van der Waals surface area contributed by atoms with Gasteiger partial charge in [-0.2, -0.15) is 0 Å². The van der Waals surface area contributed by atoms with Gasteiger partial charge in [-0.3, -0.25) is 4.79 Å². The molecular weight excluding hydrogens is 168 g/mol. The van der Waals surface area contributed by atoms with Crippen LogP contribution in [-0.2, 0) is 14.3 Å². The van der Waals surface area contributed by atoms with E-state index in [0.717, 1.165) is 25.5 Å². The van der Waals surface area contributed by atoms with E-state index in [-0.39, 0.29) is 17.5 Å². The Bertz CT molecular complexity index is 212. The van der Waals surface area contributed by atoms with E-state index in [0.29, 0.717) is 6.42 Å². The topological polar surface area (TPSA) is 43.4 Å². The van der Waals surface area contributed by atoms with Crippen molar-refractivity contribution in [2.24, 2.45) is 5.41 Å². The van der Waals surface area contributed by atoms with E-state index in [4.69, 9.17) is 4.74 Å². The summed E-state index contributed by atoms with van der Waals surface area (Å²) >= 11 is 0. The first-order valence-corrected chi connectivity index (χ1v) is 4.69. The normalized spacial score (nSPS) is 32.9. The zero-order valence-electron chi connectivity index (χ0n) is 8.21. The fourth-order valence-electron chi connectivity index (χ4n) is 2.03. The van der Waals surface area contributed by atoms with Crippen molar-refractivity contribution in [3.05, 3.63) is 0 Å². The number of ether oxygens (including phenoxy) is 1. The lowest BCUT2D eigenvalue weighted by Gasteiger charge is -2.28. The van der Waals surface area contributed by atoms with E-state index in [1.807, 2.05) is 6.92 Å². The molecule has 0 aromatic heterocycles. The van der Waals surface area contributed by atoms with Crippen LogP contribution in [0, 0.1) is 5.41 Å². The number of hydrogen-bond acceptors (Lipinski definition) is 3. The number of carbonyl (C=O) groups is 2. The van der Waals surface area contributed by atoms with Gasteiger partial charge in [0.15, 0.2) is 0 Å². The van der Waals surface area contributed by atoms with Crippen molar-refractivity contribution in [1.29, 1.82) is 0 Å². The third-order valence-electron chi connectivity index (χ3n) is 2.85. The van der Waals surface area contributed by atoms with Gasteiger partial charge in [0.2, 0.25) is 0 Å². The number of rotatable bonds is 3. The van der Waals surface area contributed by atoms with Crippen LogP contribution < -0.4 is 0 Å². The molecule has 0 N–H and O–H groups in total. The Morgan fingerprint density at radius 2 is 2.38 bits per heavy atom. The Kier molecular flexibility index (Phi) is 3.07. The molecule has 0 saturated heterocycles. The van der Waals surface area contributed by atoms with Crippen molar-refractivity contribution >= 4 is 12.3 Å². The lowest BCUT2D eigenvalue weighted by molar-refractivity contribution is -0.152. The highest BCUT2D eigenvalue weighted by atomic mass is 16.5. The third kappa shape index (κ3) is 2.29. The van der Waals surface area contributed by atoms with Crippen LogP contribution in [0.15, 0.2) is 0 Å². The fourth-order valence-corrected chi connectivity index (χ4v) is 2.03. The molecule has 0 aromatic carbocycles. The molecule has 1 saturated carbocycles. The zero-order valence-corrected chi connectivity index (χ0v) is 8.21. The summed E-state index contributed by atoms with van der Waals surface area (Å²) in [6.45, 7) is 3.43. The Hall–Kier alpha value is -0.860. The largest absolute Gasteiger partial charge is 0.462 e. The van der Waals surface area contributed by atoms with Gasteiger partial charge in [-0.15, -0.1) is 0 Å². The molecule has 1 fully saturated rings. The molecule has 13 heavy (non-hydrogen) atoms. The maximum Gasteiger partial charge on any atom is 0.302 e. The summed E-state index contributed by atoms with van der Waals surface area (Å²) in [7, 11) is 0. The molecule has 1 aliphatic rings. The van der Waals surface area contributed by atoms with Crippen LogP contribution in [0.2, 0.25) is 0 Å². The molecule has 0 amide bonds. The highest BCUT2D eigenvalue weighted by Crippen LogP contribution is 2.42. The van der Waals surface area contributed by atoms with Crippen LogP contribution in [0.5, 0.6) is 0 Å². The molecule has 2 atom stereocenters. The molecule has 0 bridgehead atoms. The smallest absolute Gasteiger partial charge is 0.302 e. The van der Waals surface area contributed by atoms with Gasteiger partial charge in [0.25, 0.3) is 0 Å². The number of esters is 1. The lowest BCUT2D eigenvalue weighted by atomic mass is 9.83. The van der Waals surface area contributed by atoms with Crippen molar-refractivity contribution in [3.8, 4) is 0 Å². The van der Waals surface area contributed by atoms with Gasteiger partial charge in [-0.05, 0) is 19.3 Å². The molecular formula is C10H16O3. The molecule has 2 unspecified atom stereocenters. The average Bonchev–Trinajstić information content (AvgIpc) is 2.32. The summed E-state index contributed by atoms with van der Waals surface area (Å²) in [5, 5.41) is 0. The van der Waals surface area contributed by atoms with E-state index >= 15 is 0 Å². The number of carbonyl (C=O) groups excluding carboxylic acids is 2. The van der Waals surface area contributed by atoms with Gasteiger partial charge >= 0.3 is 5.97 Å². The number of hydrogen-bond donors (Lipinski definition) is 0. The summed E-state index contributed by atoms with van der Waals surface area (Å²) < 4.78 is 5.18. The average molecular weight is 184 g/mol. The van der Waals surface area contributed by atoms with Crippen LogP contribution in [0.1, 0.15) is 39.5 Å². The van der Waals surface area contributed by atoms with Gasteiger partial charge in [0.05, 0.1) is 0 Å². The molecule has 3 heteroatoms. The summed E-state index contributed by atoms with van der Waals surface area (Å²) in [5.74, 6) is -0.246. The van der Waals surface area contributed by atoms with Crippen molar-refractivity contribution < 1.29 is 14.3 Å². The Morgan fingerprint density at radius 1 is 1.69 bits per heavy atom. The van der Waals surface area contributed by atoms with Gasteiger partial charge in [0, 0.05) is 18.8 Å². The van der Waals surface area contributed by atoms with Crippen LogP contribution in [-0.4, -0.2) is 18.4 Å². The van der Waals surface area contributed by atoms with Gasteiger partial charge in [-0.1, -0.05) is 6.92 Å². The van der Waals surface area contributed by atoms with E-state index in [9.17, 15) is 9.59 Å². The molecule has 74 valence electrons. The quantitative estimate of drug-likeness (QED) is 0.495. The maximum atomic E-state index is 10.8. The first kappa shape index (κ1) is 10.2. The minimum Gasteiger partial charge on any atom is -0.462 e. The molecule has 0 heterocycles. The van der Waals surface area contributed by atoms with Crippen LogP contribution in [0.25, 0.3) is 0 Å². The predicted octanol–water partition coefficient (Wildman–Crippen LogP) is 1.70. The van der Waals surface area contributed by atoms with E-state index in [1.54, 1.807) is 0 Å². The maximum absolute atomic E-state index is 10.8. The van der Waals surface area contributed by atoms with Crippen LogP contribution in [0.3, 0.4) is 0 Å². The summed E-state index contributed by atoms with van der Waals surface area (Å²) in [4.78, 5) is 21.2. The van der Waals surface area contributed by atoms with Crippen LogP contribution in [0.4, 0.5) is 0 Å². The fraction of sp³-hybridized carbons (Fsp3) is 0.800. The summed E-state index contributed by atoms with van der Waals surface area (Å²) in [5.41, 5.74) is -0.118. The summed E-state index contributed by atoms with van der Waals surface area (Å²) in [6.07, 6.45) is 4.26. The number of aldehydes is 1. The first-order valence-electron chi connectivity index (χ1n) is 4.69. The predicted molar refractivity (Wildman–Crippen MR) is 48.2 cm³/mol. The Balaban J connectivity index is 2.61. The Morgan fingerprint density at radius 3 is 2.92 bits per heavy atom. The van der Waals surface area contributed by atoms with E-state index in [2.05, 4.69) is 0 Å². The minimum absolute atomic E-state index is 0.0600. The minimum atomic E-state index is -0.246. The van der Waals surface area contributed by atoms with Gasteiger partial charge < -0.3 is 9.53 Å². The molecule has 0 spiro atoms. The Labute approximate surface area is 78.5 Å². The molecule has 0 radical (unpaired) electrons. The molecule has 0 aromatic rings. The highest BCUT2D eigenvalue weighted by molar-refractivity contribution is 5.66. The first-order chi connectivity index (χ1) is 6.08. The van der Waals surface area contributed by atoms with Crippen LogP contribution >= 0.6 is 0 Å².